The Labute approximate surface area is 149 Å². The molecule has 0 saturated carbocycles. The number of rotatable bonds is 4. The molecule has 10 heteroatoms. The van der Waals surface area contributed by atoms with Crippen molar-refractivity contribution in [3.8, 4) is 0 Å². The van der Waals surface area contributed by atoms with Crippen molar-refractivity contribution in [2.75, 3.05) is 11.9 Å². The monoisotopic (exact) mass is 392 g/mol. The number of nitrogens with zero attached hydrogens (tertiary/aromatic N) is 1. The zero-order valence-electron chi connectivity index (χ0n) is 12.2. The lowest BCUT2D eigenvalue weighted by molar-refractivity contribution is -0.137. The van der Waals surface area contributed by atoms with Crippen LogP contribution in [0.3, 0.4) is 0 Å². The number of anilines is 1. The molecule has 1 aromatic heterocycles. The molecule has 1 aromatic carbocycles. The summed E-state index contributed by atoms with van der Waals surface area (Å²) in [5.74, 6) is -1.69. The molecular weight excluding hydrogens is 384 g/mol. The molecule has 1 heterocycles. The Kier molecular flexibility index (Phi) is 5.86. The van der Waals surface area contributed by atoms with Crippen molar-refractivity contribution in [2.45, 2.75) is 6.18 Å². The molecule has 2 aromatic rings. The van der Waals surface area contributed by atoms with Gasteiger partial charge in [0, 0.05) is 6.20 Å². The number of carbonyl (C=O) groups is 2. The fourth-order valence-electron chi connectivity index (χ4n) is 1.73. The van der Waals surface area contributed by atoms with Crippen LogP contribution in [0, 0.1) is 0 Å². The molecule has 0 bridgehead atoms. The molecule has 0 spiro atoms. The van der Waals surface area contributed by atoms with Gasteiger partial charge < -0.3 is 10.1 Å². The van der Waals surface area contributed by atoms with E-state index in [-0.39, 0.29) is 21.4 Å². The van der Waals surface area contributed by atoms with Crippen molar-refractivity contribution in [2.24, 2.45) is 0 Å². The summed E-state index contributed by atoms with van der Waals surface area (Å²) in [6.45, 7) is -0.717. The highest BCUT2D eigenvalue weighted by atomic mass is 35.5. The van der Waals surface area contributed by atoms with E-state index in [1.54, 1.807) is 0 Å². The van der Waals surface area contributed by atoms with Gasteiger partial charge in [0.15, 0.2) is 6.61 Å². The second-order valence-corrected chi connectivity index (χ2v) is 5.48. The summed E-state index contributed by atoms with van der Waals surface area (Å²) in [4.78, 5) is 27.2. The Balaban J connectivity index is 2.00. The van der Waals surface area contributed by atoms with E-state index in [0.717, 1.165) is 12.1 Å². The topological polar surface area (TPSA) is 68.3 Å². The number of aromatic nitrogens is 1. The lowest BCUT2D eigenvalue weighted by Gasteiger charge is -2.12. The Morgan fingerprint density at radius 3 is 2.52 bits per heavy atom. The minimum Gasteiger partial charge on any atom is -0.452 e. The van der Waals surface area contributed by atoms with Crippen molar-refractivity contribution < 1.29 is 27.5 Å². The first kappa shape index (κ1) is 19.0. The van der Waals surface area contributed by atoms with Crippen LogP contribution in [0.5, 0.6) is 0 Å². The summed E-state index contributed by atoms with van der Waals surface area (Å²) in [5.41, 5.74) is -1.15. The fourth-order valence-corrected chi connectivity index (χ4v) is 2.07. The first-order valence-corrected chi connectivity index (χ1v) is 7.37. The molecule has 0 saturated heterocycles. The summed E-state index contributed by atoms with van der Waals surface area (Å²) < 4.78 is 42.8. The predicted octanol–water partition coefficient (Wildman–Crippen LogP) is 4.20. The Morgan fingerprint density at radius 2 is 1.88 bits per heavy atom. The van der Waals surface area contributed by atoms with Gasteiger partial charge in [-0.3, -0.25) is 4.79 Å². The predicted molar refractivity (Wildman–Crippen MR) is 84.6 cm³/mol. The van der Waals surface area contributed by atoms with E-state index in [1.807, 2.05) is 0 Å². The number of amides is 1. The van der Waals surface area contributed by atoms with Crippen LogP contribution in [0.2, 0.25) is 10.2 Å². The third-order valence-corrected chi connectivity index (χ3v) is 3.40. The minimum atomic E-state index is -4.59. The quantitative estimate of drug-likeness (QED) is 0.625. The number of esters is 1. The number of pyridine rings is 1. The van der Waals surface area contributed by atoms with E-state index in [2.05, 4.69) is 10.3 Å². The van der Waals surface area contributed by atoms with E-state index in [1.165, 1.54) is 18.3 Å². The van der Waals surface area contributed by atoms with Gasteiger partial charge >= 0.3 is 12.1 Å². The SMILES string of the molecule is O=C(COC(=O)c1ccnc(Cl)c1)Nc1cc(C(F)(F)F)ccc1Cl. The van der Waals surface area contributed by atoms with Gasteiger partial charge in [0.2, 0.25) is 0 Å². The van der Waals surface area contributed by atoms with E-state index >= 15 is 0 Å². The van der Waals surface area contributed by atoms with Crippen molar-refractivity contribution in [3.05, 3.63) is 57.8 Å². The largest absolute Gasteiger partial charge is 0.452 e. The molecule has 132 valence electrons. The number of carbonyl (C=O) groups excluding carboxylic acids is 2. The molecule has 5 nitrogen and oxygen atoms in total. The lowest BCUT2D eigenvalue weighted by Crippen LogP contribution is -2.21. The van der Waals surface area contributed by atoms with Gasteiger partial charge in [-0.1, -0.05) is 23.2 Å². The van der Waals surface area contributed by atoms with Crippen LogP contribution in [0.15, 0.2) is 36.5 Å². The van der Waals surface area contributed by atoms with Gasteiger partial charge in [0.1, 0.15) is 5.15 Å². The third-order valence-electron chi connectivity index (χ3n) is 2.86. The Bertz CT molecular complexity index is 813. The number of halogens is 5. The van der Waals surface area contributed by atoms with Crippen LogP contribution < -0.4 is 5.32 Å². The number of benzene rings is 1. The van der Waals surface area contributed by atoms with Gasteiger partial charge in [-0.25, -0.2) is 9.78 Å². The summed E-state index contributed by atoms with van der Waals surface area (Å²) in [6, 6.07) is 5.04. The number of ether oxygens (including phenoxy) is 1. The molecule has 0 aliphatic rings. The van der Waals surface area contributed by atoms with Crippen molar-refractivity contribution in [3.63, 3.8) is 0 Å². The Hall–Kier alpha value is -2.32. The normalized spacial score (nSPS) is 11.1. The van der Waals surface area contributed by atoms with Crippen LogP contribution in [0.25, 0.3) is 0 Å². The zero-order chi connectivity index (χ0) is 18.6. The first-order valence-electron chi connectivity index (χ1n) is 6.62. The van der Waals surface area contributed by atoms with Crippen molar-refractivity contribution in [1.82, 2.24) is 4.98 Å². The minimum absolute atomic E-state index is 0.0645. The van der Waals surface area contributed by atoms with Crippen LogP contribution >= 0.6 is 23.2 Å². The van der Waals surface area contributed by atoms with Crippen molar-refractivity contribution >= 4 is 40.8 Å². The van der Waals surface area contributed by atoms with Gasteiger partial charge in [0.25, 0.3) is 5.91 Å². The highest BCUT2D eigenvalue weighted by Gasteiger charge is 2.31. The van der Waals surface area contributed by atoms with Crippen LogP contribution in [0.4, 0.5) is 18.9 Å². The van der Waals surface area contributed by atoms with Gasteiger partial charge in [0.05, 0.1) is 21.8 Å². The van der Waals surface area contributed by atoms with Crippen LogP contribution in [-0.2, 0) is 15.7 Å². The molecule has 1 amide bonds. The molecule has 0 radical (unpaired) electrons. The van der Waals surface area contributed by atoms with Gasteiger partial charge in [-0.15, -0.1) is 0 Å². The van der Waals surface area contributed by atoms with E-state index in [0.29, 0.717) is 6.07 Å². The van der Waals surface area contributed by atoms with E-state index in [9.17, 15) is 22.8 Å². The summed E-state index contributed by atoms with van der Waals surface area (Å²) in [5, 5.41) is 2.13. The van der Waals surface area contributed by atoms with E-state index < -0.39 is 30.2 Å². The average Bonchev–Trinajstić information content (AvgIpc) is 2.53. The summed E-state index contributed by atoms with van der Waals surface area (Å²) in [7, 11) is 0. The average molecular weight is 393 g/mol. The molecule has 1 N–H and O–H groups in total. The highest BCUT2D eigenvalue weighted by molar-refractivity contribution is 6.33. The molecule has 25 heavy (non-hydrogen) atoms. The standard InChI is InChI=1S/C15H9Cl2F3N2O3/c16-10-2-1-9(15(18,19)20)6-11(10)22-13(23)7-25-14(24)8-3-4-21-12(17)5-8/h1-6H,7H2,(H,22,23). The molecule has 0 unspecified atom stereocenters. The number of alkyl halides is 3. The van der Waals surface area contributed by atoms with Crippen LogP contribution in [0.1, 0.15) is 15.9 Å². The summed E-state index contributed by atoms with van der Waals surface area (Å²) in [6.07, 6.45) is -3.31. The lowest BCUT2D eigenvalue weighted by atomic mass is 10.2. The Morgan fingerprint density at radius 1 is 1.16 bits per heavy atom. The van der Waals surface area contributed by atoms with Gasteiger partial charge in [-0.2, -0.15) is 13.2 Å². The molecule has 2 rings (SSSR count). The molecule has 0 atom stereocenters. The van der Waals surface area contributed by atoms with Crippen molar-refractivity contribution in [1.29, 1.82) is 0 Å². The molecule has 0 aliphatic heterocycles. The second-order valence-electron chi connectivity index (χ2n) is 4.68. The van der Waals surface area contributed by atoms with Crippen LogP contribution in [-0.4, -0.2) is 23.5 Å². The maximum Gasteiger partial charge on any atom is 0.416 e. The number of hydrogen-bond donors (Lipinski definition) is 1. The third kappa shape index (κ3) is 5.33. The molecule has 0 fully saturated rings. The first-order chi connectivity index (χ1) is 11.7. The van der Waals surface area contributed by atoms with Gasteiger partial charge in [-0.05, 0) is 30.3 Å². The number of hydrogen-bond acceptors (Lipinski definition) is 4. The van der Waals surface area contributed by atoms with E-state index in [4.69, 9.17) is 27.9 Å². The second kappa shape index (κ2) is 7.71. The molecule has 0 aliphatic carbocycles. The maximum absolute atomic E-state index is 12.7. The maximum atomic E-state index is 12.7. The highest BCUT2D eigenvalue weighted by Crippen LogP contribution is 2.33. The fraction of sp³-hybridized carbons (Fsp3) is 0.133. The summed E-state index contributed by atoms with van der Waals surface area (Å²) >= 11 is 11.4. The number of nitrogens with one attached hydrogen (secondary N) is 1. The molecular formula is C15H9Cl2F3N2O3. The zero-order valence-corrected chi connectivity index (χ0v) is 13.7. The smallest absolute Gasteiger partial charge is 0.416 e.